The Morgan fingerprint density at radius 2 is 2.00 bits per heavy atom. The average molecular weight is 324 g/mol. The minimum atomic E-state index is -1.04. The summed E-state index contributed by atoms with van der Waals surface area (Å²) in [4.78, 5) is 15.3. The summed E-state index contributed by atoms with van der Waals surface area (Å²) in [7, 11) is 0. The number of benzene rings is 1. The number of carbonyl (C=O) groups is 1. The van der Waals surface area contributed by atoms with Crippen LogP contribution in [0.2, 0.25) is 0 Å². The van der Waals surface area contributed by atoms with Crippen molar-refractivity contribution >= 4 is 5.97 Å². The van der Waals surface area contributed by atoms with Crippen molar-refractivity contribution in [2.75, 3.05) is 0 Å². The molecule has 1 aromatic carbocycles. The van der Waals surface area contributed by atoms with E-state index in [4.69, 9.17) is 9.63 Å². The van der Waals surface area contributed by atoms with Gasteiger partial charge in [-0.25, -0.2) is 4.79 Å². The number of carboxylic acid groups (broad SMARTS) is 1. The van der Waals surface area contributed by atoms with Crippen LogP contribution in [0.25, 0.3) is 0 Å². The van der Waals surface area contributed by atoms with Crippen molar-refractivity contribution in [1.29, 1.82) is 0 Å². The molecule has 0 amide bonds. The molecule has 5 nitrogen and oxygen atoms in total. The van der Waals surface area contributed by atoms with Gasteiger partial charge in [0, 0.05) is 5.57 Å². The molecule has 1 heterocycles. The van der Waals surface area contributed by atoms with Crippen LogP contribution in [0.15, 0.2) is 40.9 Å². The normalized spacial score (nSPS) is 18.8. The number of aromatic nitrogens is 2. The van der Waals surface area contributed by atoms with Gasteiger partial charge in [-0.1, -0.05) is 42.4 Å². The molecule has 2 aromatic rings. The molecule has 124 valence electrons. The van der Waals surface area contributed by atoms with Crippen molar-refractivity contribution in [3.63, 3.8) is 0 Å². The molecule has 2 saturated carbocycles. The van der Waals surface area contributed by atoms with Crippen LogP contribution in [0.3, 0.4) is 0 Å². The van der Waals surface area contributed by atoms with Crippen LogP contribution in [0.1, 0.15) is 60.9 Å². The Bertz CT molecular complexity index is 783. The Kier molecular flexibility index (Phi) is 3.52. The highest BCUT2D eigenvalue weighted by atomic mass is 16.5. The maximum atomic E-state index is 10.9. The smallest absolute Gasteiger partial charge is 0.331 e. The largest absolute Gasteiger partial charge is 0.478 e. The molecule has 1 aromatic heterocycles. The summed E-state index contributed by atoms with van der Waals surface area (Å²) in [5.74, 6) is 0.664. The van der Waals surface area contributed by atoms with E-state index in [1.54, 1.807) is 0 Å². The number of rotatable bonds is 6. The third-order valence-corrected chi connectivity index (χ3v) is 5.35. The van der Waals surface area contributed by atoms with E-state index in [9.17, 15) is 4.79 Å². The zero-order chi connectivity index (χ0) is 16.7. The van der Waals surface area contributed by atoms with E-state index in [1.165, 1.54) is 30.4 Å². The standard InChI is InChI=1S/C19H20N2O3/c1-12(17(22)23)11-16-20-18(21-24-16)19(9-10-19)15-7-5-14(6-8-15)13-3-2-4-13/h5-8,13H,1-4,9-11H2,(H,22,23). The summed E-state index contributed by atoms with van der Waals surface area (Å²) < 4.78 is 5.24. The van der Waals surface area contributed by atoms with Gasteiger partial charge in [-0.15, -0.1) is 0 Å². The zero-order valence-corrected chi connectivity index (χ0v) is 13.5. The van der Waals surface area contributed by atoms with Gasteiger partial charge in [-0.2, -0.15) is 4.98 Å². The molecule has 0 saturated heterocycles. The first-order valence-electron chi connectivity index (χ1n) is 8.43. The third-order valence-electron chi connectivity index (χ3n) is 5.35. The average Bonchev–Trinajstić information content (AvgIpc) is 3.20. The van der Waals surface area contributed by atoms with Gasteiger partial charge in [0.1, 0.15) is 0 Å². The molecule has 1 N–H and O–H groups in total. The van der Waals surface area contributed by atoms with Gasteiger partial charge in [0.25, 0.3) is 0 Å². The van der Waals surface area contributed by atoms with Crippen LogP contribution in [0, 0.1) is 0 Å². The van der Waals surface area contributed by atoms with Crippen molar-refractivity contribution in [3.05, 3.63) is 59.3 Å². The minimum absolute atomic E-state index is 0.0555. The molecule has 0 bridgehead atoms. The van der Waals surface area contributed by atoms with Gasteiger partial charge in [-0.3, -0.25) is 0 Å². The second kappa shape index (κ2) is 5.58. The van der Waals surface area contributed by atoms with Gasteiger partial charge in [0.15, 0.2) is 5.82 Å². The fourth-order valence-electron chi connectivity index (χ4n) is 3.36. The van der Waals surface area contributed by atoms with Gasteiger partial charge >= 0.3 is 5.97 Å². The SMILES string of the molecule is C=C(Cc1nc(C2(c3ccc(C4CCC4)cc3)CC2)no1)C(=O)O. The lowest BCUT2D eigenvalue weighted by molar-refractivity contribution is -0.132. The monoisotopic (exact) mass is 324 g/mol. The summed E-state index contributed by atoms with van der Waals surface area (Å²) in [5, 5.41) is 13.0. The topological polar surface area (TPSA) is 76.2 Å². The van der Waals surface area contributed by atoms with E-state index < -0.39 is 5.97 Å². The molecule has 0 unspecified atom stereocenters. The van der Waals surface area contributed by atoms with E-state index in [2.05, 4.69) is 41.0 Å². The molecule has 0 spiro atoms. The highest BCUT2D eigenvalue weighted by Gasteiger charge is 2.50. The molecule has 0 atom stereocenters. The Morgan fingerprint density at radius 3 is 2.54 bits per heavy atom. The predicted octanol–water partition coefficient (Wildman–Crippen LogP) is 3.60. The van der Waals surface area contributed by atoms with E-state index in [1.807, 2.05) is 0 Å². The fourth-order valence-corrected chi connectivity index (χ4v) is 3.36. The van der Waals surface area contributed by atoms with Gasteiger partial charge in [-0.05, 0) is 42.7 Å². The number of carboxylic acids is 1. The lowest BCUT2D eigenvalue weighted by atomic mass is 9.79. The highest BCUT2D eigenvalue weighted by molar-refractivity contribution is 5.86. The first kappa shape index (κ1) is 15.1. The van der Waals surface area contributed by atoms with E-state index in [0.29, 0.717) is 11.7 Å². The van der Waals surface area contributed by atoms with Crippen molar-refractivity contribution in [2.24, 2.45) is 0 Å². The molecular formula is C19H20N2O3. The summed E-state index contributed by atoms with van der Waals surface area (Å²) in [5.41, 5.74) is 2.53. The zero-order valence-electron chi connectivity index (χ0n) is 13.5. The Balaban J connectivity index is 1.54. The van der Waals surface area contributed by atoms with Crippen LogP contribution in [-0.4, -0.2) is 21.2 Å². The van der Waals surface area contributed by atoms with E-state index in [-0.39, 0.29) is 17.4 Å². The van der Waals surface area contributed by atoms with E-state index in [0.717, 1.165) is 18.8 Å². The maximum Gasteiger partial charge on any atom is 0.331 e. The first-order valence-corrected chi connectivity index (χ1v) is 8.43. The maximum absolute atomic E-state index is 10.9. The number of hydrogen-bond donors (Lipinski definition) is 1. The van der Waals surface area contributed by atoms with Crippen LogP contribution < -0.4 is 0 Å². The number of hydrogen-bond acceptors (Lipinski definition) is 4. The second-order valence-electron chi connectivity index (χ2n) is 6.93. The minimum Gasteiger partial charge on any atom is -0.478 e. The quantitative estimate of drug-likeness (QED) is 0.822. The van der Waals surface area contributed by atoms with Crippen LogP contribution in [0.4, 0.5) is 0 Å². The summed E-state index contributed by atoms with van der Waals surface area (Å²) >= 11 is 0. The second-order valence-corrected chi connectivity index (χ2v) is 6.93. The van der Waals surface area contributed by atoms with Crippen molar-refractivity contribution in [3.8, 4) is 0 Å². The Hall–Kier alpha value is -2.43. The van der Waals surface area contributed by atoms with Gasteiger partial charge in [0.2, 0.25) is 5.89 Å². The summed E-state index contributed by atoms with van der Waals surface area (Å²) in [6.45, 7) is 3.51. The van der Waals surface area contributed by atoms with Crippen LogP contribution in [0.5, 0.6) is 0 Å². The first-order chi connectivity index (χ1) is 11.6. The lowest BCUT2D eigenvalue weighted by Gasteiger charge is -2.26. The van der Waals surface area contributed by atoms with Crippen molar-refractivity contribution < 1.29 is 14.4 Å². The molecule has 0 radical (unpaired) electrons. The summed E-state index contributed by atoms with van der Waals surface area (Å²) in [6, 6.07) is 8.83. The van der Waals surface area contributed by atoms with Gasteiger partial charge in [0.05, 0.1) is 11.8 Å². The van der Waals surface area contributed by atoms with Crippen LogP contribution in [-0.2, 0) is 16.6 Å². The lowest BCUT2D eigenvalue weighted by Crippen LogP contribution is -2.13. The number of aliphatic carboxylic acids is 1. The molecule has 2 aliphatic rings. The molecule has 2 aliphatic carbocycles. The van der Waals surface area contributed by atoms with Crippen LogP contribution >= 0.6 is 0 Å². The van der Waals surface area contributed by atoms with Gasteiger partial charge < -0.3 is 9.63 Å². The molecule has 5 heteroatoms. The summed E-state index contributed by atoms with van der Waals surface area (Å²) in [6.07, 6.45) is 6.00. The third kappa shape index (κ3) is 2.54. The predicted molar refractivity (Wildman–Crippen MR) is 87.8 cm³/mol. The highest BCUT2D eigenvalue weighted by Crippen LogP contribution is 2.52. The van der Waals surface area contributed by atoms with E-state index >= 15 is 0 Å². The van der Waals surface area contributed by atoms with Crippen molar-refractivity contribution in [1.82, 2.24) is 10.1 Å². The molecule has 24 heavy (non-hydrogen) atoms. The number of nitrogens with zero attached hydrogens (tertiary/aromatic N) is 2. The molecular weight excluding hydrogens is 304 g/mol. The van der Waals surface area contributed by atoms with Crippen molar-refractivity contribution in [2.45, 2.75) is 49.9 Å². The molecule has 2 fully saturated rings. The Labute approximate surface area is 140 Å². The molecule has 0 aliphatic heterocycles. The Morgan fingerprint density at radius 1 is 1.29 bits per heavy atom. The fraction of sp³-hybridized carbons (Fsp3) is 0.421. The molecule has 4 rings (SSSR count).